The zero-order valence-electron chi connectivity index (χ0n) is 16.9. The molecule has 0 unspecified atom stereocenters. The van der Waals surface area contributed by atoms with Gasteiger partial charge in [-0.25, -0.2) is 12.8 Å². The third-order valence-electron chi connectivity index (χ3n) is 4.59. The van der Waals surface area contributed by atoms with Gasteiger partial charge in [0.2, 0.25) is 0 Å². The Labute approximate surface area is 183 Å². The summed E-state index contributed by atoms with van der Waals surface area (Å²) in [5, 5.41) is 6.29. The number of rotatable bonds is 6. The smallest absolute Gasteiger partial charge is 0.261 e. The van der Waals surface area contributed by atoms with Gasteiger partial charge in [0, 0.05) is 17.3 Å². The summed E-state index contributed by atoms with van der Waals surface area (Å²) < 4.78 is 46.2. The highest BCUT2D eigenvalue weighted by molar-refractivity contribution is 7.92. The van der Waals surface area contributed by atoms with Gasteiger partial charge in [-0.05, 0) is 66.6 Å². The van der Waals surface area contributed by atoms with Crippen LogP contribution >= 0.6 is 0 Å². The number of hydrogen-bond acceptors (Lipinski definition) is 5. The second kappa shape index (κ2) is 8.64. The standard InChI is InChI=1S/C23H18FN3O4S/c1-15-13-22(26-31-15)25-23(28)17-7-11-20(12-8-17)27-32(29,30)21-4-2-3-18(14-21)16-5-9-19(24)10-6-16/h2-14,27H,1H3,(H,25,26,28). The summed E-state index contributed by atoms with van der Waals surface area (Å²) >= 11 is 0. The molecule has 0 aliphatic rings. The lowest BCUT2D eigenvalue weighted by Crippen LogP contribution is -2.14. The number of amides is 1. The fourth-order valence-electron chi connectivity index (χ4n) is 3.00. The summed E-state index contributed by atoms with van der Waals surface area (Å²) in [7, 11) is -3.88. The van der Waals surface area contributed by atoms with E-state index in [-0.39, 0.29) is 10.7 Å². The lowest BCUT2D eigenvalue weighted by Gasteiger charge is -2.10. The number of hydrogen-bond donors (Lipinski definition) is 2. The van der Waals surface area contributed by atoms with Gasteiger partial charge in [0.15, 0.2) is 5.82 Å². The maximum atomic E-state index is 13.2. The van der Waals surface area contributed by atoms with E-state index in [2.05, 4.69) is 15.2 Å². The molecule has 1 amide bonds. The average Bonchev–Trinajstić information content (AvgIpc) is 3.19. The van der Waals surface area contributed by atoms with Crippen LogP contribution in [0.2, 0.25) is 0 Å². The van der Waals surface area contributed by atoms with Crippen molar-refractivity contribution in [1.82, 2.24) is 5.16 Å². The van der Waals surface area contributed by atoms with E-state index in [1.54, 1.807) is 37.3 Å². The van der Waals surface area contributed by atoms with Crippen molar-refractivity contribution >= 4 is 27.4 Å². The van der Waals surface area contributed by atoms with Crippen LogP contribution in [-0.2, 0) is 10.0 Å². The topological polar surface area (TPSA) is 101 Å². The highest BCUT2D eigenvalue weighted by Crippen LogP contribution is 2.24. The lowest BCUT2D eigenvalue weighted by molar-refractivity contribution is 0.102. The summed E-state index contributed by atoms with van der Waals surface area (Å²) in [5.74, 6) is 0.0824. The van der Waals surface area contributed by atoms with E-state index in [0.29, 0.717) is 34.0 Å². The van der Waals surface area contributed by atoms with Crippen LogP contribution in [0.15, 0.2) is 88.3 Å². The number of sulfonamides is 1. The number of nitrogens with zero attached hydrogens (tertiary/aromatic N) is 1. The van der Waals surface area contributed by atoms with E-state index < -0.39 is 15.9 Å². The second-order valence-electron chi connectivity index (χ2n) is 6.99. The average molecular weight is 451 g/mol. The number of nitrogens with one attached hydrogen (secondary N) is 2. The van der Waals surface area contributed by atoms with E-state index in [1.807, 2.05) is 0 Å². The highest BCUT2D eigenvalue weighted by Gasteiger charge is 2.16. The van der Waals surface area contributed by atoms with Gasteiger partial charge in [-0.1, -0.05) is 29.4 Å². The van der Waals surface area contributed by atoms with Crippen LogP contribution in [0.3, 0.4) is 0 Å². The largest absolute Gasteiger partial charge is 0.360 e. The van der Waals surface area contributed by atoms with Crippen LogP contribution in [0.25, 0.3) is 11.1 Å². The first-order valence-electron chi connectivity index (χ1n) is 9.54. The SMILES string of the molecule is Cc1cc(NC(=O)c2ccc(NS(=O)(=O)c3cccc(-c4ccc(F)cc4)c3)cc2)no1. The number of benzene rings is 3. The zero-order chi connectivity index (χ0) is 22.7. The van der Waals surface area contributed by atoms with Crippen LogP contribution in [-0.4, -0.2) is 19.5 Å². The number of aryl methyl sites for hydroxylation is 1. The van der Waals surface area contributed by atoms with Crippen molar-refractivity contribution in [2.75, 3.05) is 10.0 Å². The van der Waals surface area contributed by atoms with Gasteiger partial charge in [0.1, 0.15) is 11.6 Å². The number of carbonyl (C=O) groups excluding carboxylic acids is 1. The Kier molecular flexibility index (Phi) is 5.74. The molecule has 4 aromatic rings. The van der Waals surface area contributed by atoms with Crippen molar-refractivity contribution in [3.05, 3.63) is 96.0 Å². The molecule has 4 rings (SSSR count). The first-order chi connectivity index (χ1) is 15.3. The molecule has 162 valence electrons. The summed E-state index contributed by atoms with van der Waals surface area (Å²) in [5.41, 5.74) is 1.96. The molecule has 0 saturated carbocycles. The molecular formula is C23H18FN3O4S. The number of halogens is 1. The molecule has 0 radical (unpaired) electrons. The van der Waals surface area contributed by atoms with Crippen molar-refractivity contribution in [1.29, 1.82) is 0 Å². The van der Waals surface area contributed by atoms with Crippen LogP contribution in [0.1, 0.15) is 16.1 Å². The van der Waals surface area contributed by atoms with E-state index >= 15 is 0 Å². The second-order valence-corrected chi connectivity index (χ2v) is 8.68. The minimum atomic E-state index is -3.88. The molecule has 9 heteroatoms. The Morgan fingerprint density at radius 1 is 0.938 bits per heavy atom. The van der Waals surface area contributed by atoms with E-state index in [9.17, 15) is 17.6 Å². The molecule has 0 aliphatic carbocycles. The molecule has 0 bridgehead atoms. The van der Waals surface area contributed by atoms with Crippen LogP contribution in [0, 0.1) is 12.7 Å². The van der Waals surface area contributed by atoms with Crippen molar-refractivity contribution in [2.24, 2.45) is 0 Å². The molecule has 0 aliphatic heterocycles. The highest BCUT2D eigenvalue weighted by atomic mass is 32.2. The molecule has 0 fully saturated rings. The first-order valence-corrected chi connectivity index (χ1v) is 11.0. The summed E-state index contributed by atoms with van der Waals surface area (Å²) in [4.78, 5) is 12.3. The van der Waals surface area contributed by atoms with Crippen molar-refractivity contribution in [2.45, 2.75) is 11.8 Å². The maximum Gasteiger partial charge on any atom is 0.261 e. The Hall–Kier alpha value is -3.98. The van der Waals surface area contributed by atoms with Gasteiger partial charge in [-0.15, -0.1) is 0 Å². The molecule has 32 heavy (non-hydrogen) atoms. The lowest BCUT2D eigenvalue weighted by atomic mass is 10.1. The molecule has 7 nitrogen and oxygen atoms in total. The van der Waals surface area contributed by atoms with Gasteiger partial charge in [0.25, 0.3) is 15.9 Å². The number of carbonyl (C=O) groups is 1. The van der Waals surface area contributed by atoms with Gasteiger partial charge in [-0.2, -0.15) is 0 Å². The predicted octanol–water partition coefficient (Wildman–Crippen LogP) is 4.84. The Morgan fingerprint density at radius 2 is 1.66 bits per heavy atom. The van der Waals surface area contributed by atoms with Crippen molar-refractivity contribution in [3.63, 3.8) is 0 Å². The summed E-state index contributed by atoms with van der Waals surface area (Å²) in [6, 6.07) is 19.7. The molecule has 1 aromatic heterocycles. The Bertz CT molecular complexity index is 1370. The Morgan fingerprint density at radius 3 is 2.31 bits per heavy atom. The fourth-order valence-corrected chi connectivity index (χ4v) is 4.11. The number of anilines is 2. The zero-order valence-corrected chi connectivity index (χ0v) is 17.7. The van der Waals surface area contributed by atoms with Gasteiger partial charge in [-0.3, -0.25) is 9.52 Å². The van der Waals surface area contributed by atoms with Crippen molar-refractivity contribution in [3.8, 4) is 11.1 Å². The quantitative estimate of drug-likeness (QED) is 0.437. The third kappa shape index (κ3) is 4.84. The van der Waals surface area contributed by atoms with Crippen LogP contribution < -0.4 is 10.0 Å². The minimum Gasteiger partial charge on any atom is -0.360 e. The van der Waals surface area contributed by atoms with Gasteiger partial charge in [0.05, 0.1) is 4.90 Å². The molecule has 0 spiro atoms. The minimum absolute atomic E-state index is 0.0579. The molecule has 0 saturated heterocycles. The normalized spacial score (nSPS) is 11.2. The summed E-state index contributed by atoms with van der Waals surface area (Å²) in [6.07, 6.45) is 0. The molecule has 0 atom stereocenters. The third-order valence-corrected chi connectivity index (χ3v) is 5.97. The molecular weight excluding hydrogens is 433 g/mol. The fraction of sp³-hybridized carbons (Fsp3) is 0.0435. The van der Waals surface area contributed by atoms with Crippen molar-refractivity contribution < 1.29 is 22.1 Å². The monoisotopic (exact) mass is 451 g/mol. The van der Waals surface area contributed by atoms with E-state index in [1.165, 1.54) is 48.5 Å². The number of aromatic nitrogens is 1. The Balaban J connectivity index is 1.49. The molecule has 2 N–H and O–H groups in total. The molecule has 3 aromatic carbocycles. The first kappa shape index (κ1) is 21.3. The summed E-state index contributed by atoms with van der Waals surface area (Å²) in [6.45, 7) is 1.71. The van der Waals surface area contributed by atoms with Gasteiger partial charge < -0.3 is 9.84 Å². The van der Waals surface area contributed by atoms with Crippen LogP contribution in [0.4, 0.5) is 15.9 Å². The predicted molar refractivity (Wildman–Crippen MR) is 118 cm³/mol. The molecule has 1 heterocycles. The van der Waals surface area contributed by atoms with Crippen LogP contribution in [0.5, 0.6) is 0 Å². The maximum absolute atomic E-state index is 13.2. The van der Waals surface area contributed by atoms with E-state index in [4.69, 9.17) is 4.52 Å². The van der Waals surface area contributed by atoms with E-state index in [0.717, 1.165) is 0 Å². The van der Waals surface area contributed by atoms with Gasteiger partial charge >= 0.3 is 0 Å².